The molecule has 122 valence electrons. The van der Waals surface area contributed by atoms with Gasteiger partial charge >= 0.3 is 0 Å². The summed E-state index contributed by atoms with van der Waals surface area (Å²) < 4.78 is 18.9. The Morgan fingerprint density at radius 2 is 2.00 bits per heavy atom. The van der Waals surface area contributed by atoms with Gasteiger partial charge in [0, 0.05) is 0 Å². The van der Waals surface area contributed by atoms with Crippen LogP contribution in [-0.4, -0.2) is 13.0 Å². The molecular formula is C19H22FNO2. The van der Waals surface area contributed by atoms with E-state index in [2.05, 4.69) is 5.32 Å². The van der Waals surface area contributed by atoms with Crippen LogP contribution in [0, 0.1) is 12.7 Å². The summed E-state index contributed by atoms with van der Waals surface area (Å²) in [6.07, 6.45) is 0.799. The average molecular weight is 315 g/mol. The minimum atomic E-state index is -0.351. The van der Waals surface area contributed by atoms with Gasteiger partial charge in [-0.3, -0.25) is 4.79 Å². The van der Waals surface area contributed by atoms with Crippen molar-refractivity contribution in [1.82, 2.24) is 5.32 Å². The van der Waals surface area contributed by atoms with E-state index in [-0.39, 0.29) is 24.2 Å². The average Bonchev–Trinajstić information content (AvgIpc) is 2.54. The number of amides is 1. The predicted molar refractivity (Wildman–Crippen MR) is 89.0 cm³/mol. The van der Waals surface area contributed by atoms with Crippen LogP contribution in [0.3, 0.4) is 0 Å². The molecule has 1 amide bonds. The Kier molecular flexibility index (Phi) is 5.74. The molecule has 2 aromatic rings. The van der Waals surface area contributed by atoms with Gasteiger partial charge in [0.2, 0.25) is 5.91 Å². The largest absolute Gasteiger partial charge is 0.496 e. The quantitative estimate of drug-likeness (QED) is 0.876. The van der Waals surface area contributed by atoms with Crippen LogP contribution in [0.15, 0.2) is 42.5 Å². The van der Waals surface area contributed by atoms with Gasteiger partial charge in [-0.05, 0) is 42.2 Å². The highest BCUT2D eigenvalue weighted by atomic mass is 19.1. The Hall–Kier alpha value is -2.36. The minimum Gasteiger partial charge on any atom is -0.496 e. The van der Waals surface area contributed by atoms with Crippen molar-refractivity contribution in [3.8, 4) is 5.75 Å². The first-order chi connectivity index (χ1) is 11.0. The lowest BCUT2D eigenvalue weighted by atomic mass is 10.0. The third-order valence-electron chi connectivity index (χ3n) is 3.87. The summed E-state index contributed by atoms with van der Waals surface area (Å²) in [5.74, 6) is 0.285. The zero-order chi connectivity index (χ0) is 16.8. The van der Waals surface area contributed by atoms with Crippen molar-refractivity contribution in [1.29, 1.82) is 0 Å². The minimum absolute atomic E-state index is 0.0400. The number of methoxy groups -OCH3 is 1. The van der Waals surface area contributed by atoms with Gasteiger partial charge in [-0.1, -0.05) is 37.3 Å². The molecule has 4 heteroatoms. The molecule has 0 fully saturated rings. The molecule has 0 saturated carbocycles. The molecule has 0 bridgehead atoms. The first-order valence-corrected chi connectivity index (χ1v) is 7.72. The van der Waals surface area contributed by atoms with Gasteiger partial charge in [0.1, 0.15) is 11.6 Å². The van der Waals surface area contributed by atoms with Crippen molar-refractivity contribution in [3.63, 3.8) is 0 Å². The number of ether oxygens (including phenoxy) is 1. The number of carbonyl (C=O) groups excluding carboxylic acids is 1. The van der Waals surface area contributed by atoms with Crippen molar-refractivity contribution < 1.29 is 13.9 Å². The van der Waals surface area contributed by atoms with Crippen molar-refractivity contribution in [2.75, 3.05) is 7.11 Å². The van der Waals surface area contributed by atoms with Gasteiger partial charge < -0.3 is 10.1 Å². The number of rotatable bonds is 6. The van der Waals surface area contributed by atoms with Crippen LogP contribution in [0.25, 0.3) is 0 Å². The van der Waals surface area contributed by atoms with Crippen LogP contribution in [0.5, 0.6) is 5.75 Å². The topological polar surface area (TPSA) is 38.3 Å². The Morgan fingerprint density at radius 1 is 1.26 bits per heavy atom. The maximum absolute atomic E-state index is 13.6. The fourth-order valence-electron chi connectivity index (χ4n) is 2.60. The third-order valence-corrected chi connectivity index (χ3v) is 3.87. The Morgan fingerprint density at radius 3 is 2.61 bits per heavy atom. The maximum Gasteiger partial charge on any atom is 0.225 e. The van der Waals surface area contributed by atoms with Crippen molar-refractivity contribution in [2.24, 2.45) is 0 Å². The molecule has 0 spiro atoms. The number of aryl methyl sites for hydroxylation is 1. The van der Waals surface area contributed by atoms with E-state index >= 15 is 0 Å². The van der Waals surface area contributed by atoms with Gasteiger partial charge in [0.15, 0.2) is 0 Å². The highest BCUT2D eigenvalue weighted by Crippen LogP contribution is 2.24. The molecule has 0 aromatic heterocycles. The highest BCUT2D eigenvalue weighted by Gasteiger charge is 2.15. The van der Waals surface area contributed by atoms with Gasteiger partial charge in [0.05, 0.1) is 19.6 Å². The number of hydrogen-bond acceptors (Lipinski definition) is 2. The fraction of sp³-hybridized carbons (Fsp3) is 0.316. The molecule has 2 aromatic carbocycles. The Balaban J connectivity index is 2.08. The summed E-state index contributed by atoms with van der Waals surface area (Å²) in [5.41, 5.74) is 2.45. The normalized spacial score (nSPS) is 11.8. The Labute approximate surface area is 136 Å². The molecular weight excluding hydrogens is 293 g/mol. The van der Waals surface area contributed by atoms with Gasteiger partial charge in [-0.15, -0.1) is 0 Å². The summed E-state index contributed by atoms with van der Waals surface area (Å²) in [6, 6.07) is 12.1. The smallest absolute Gasteiger partial charge is 0.225 e. The fourth-order valence-corrected chi connectivity index (χ4v) is 2.60. The summed E-state index contributed by atoms with van der Waals surface area (Å²) in [5, 5.41) is 2.98. The molecule has 1 atom stereocenters. The van der Waals surface area contributed by atoms with Crippen molar-refractivity contribution in [3.05, 3.63) is 65.0 Å². The first-order valence-electron chi connectivity index (χ1n) is 7.72. The second kappa shape index (κ2) is 7.77. The van der Waals surface area contributed by atoms with Crippen molar-refractivity contribution in [2.45, 2.75) is 32.7 Å². The van der Waals surface area contributed by atoms with E-state index in [1.54, 1.807) is 25.3 Å². The predicted octanol–water partition coefficient (Wildman–Crippen LogP) is 3.95. The van der Waals surface area contributed by atoms with Crippen molar-refractivity contribution >= 4 is 5.91 Å². The van der Waals surface area contributed by atoms with Gasteiger partial charge in [-0.2, -0.15) is 0 Å². The van der Waals surface area contributed by atoms with E-state index in [4.69, 9.17) is 4.74 Å². The summed E-state index contributed by atoms with van der Waals surface area (Å²) >= 11 is 0. The highest BCUT2D eigenvalue weighted by molar-refractivity contribution is 5.79. The van der Waals surface area contributed by atoms with Gasteiger partial charge in [-0.25, -0.2) is 4.39 Å². The maximum atomic E-state index is 13.6. The standard InChI is InChI=1S/C19H22FNO2/c1-4-17(15-9-10-18(23-3)13(2)11-15)21-19(22)12-14-7-5-6-8-16(14)20/h5-11,17H,4,12H2,1-3H3,(H,21,22)/t17-/m1/s1. The molecule has 0 aliphatic carbocycles. The molecule has 0 radical (unpaired) electrons. The lowest BCUT2D eigenvalue weighted by Crippen LogP contribution is -2.29. The molecule has 3 nitrogen and oxygen atoms in total. The number of benzene rings is 2. The van der Waals surface area contributed by atoms with Crippen LogP contribution in [0.4, 0.5) is 4.39 Å². The van der Waals surface area contributed by atoms with E-state index in [1.807, 2.05) is 32.0 Å². The zero-order valence-corrected chi connectivity index (χ0v) is 13.7. The van der Waals surface area contributed by atoms with Crippen LogP contribution < -0.4 is 10.1 Å². The van der Waals surface area contributed by atoms with Crippen LogP contribution >= 0.6 is 0 Å². The SMILES string of the molecule is CC[C@@H](NC(=O)Cc1ccccc1F)c1ccc(OC)c(C)c1. The molecule has 0 aliphatic heterocycles. The summed E-state index contributed by atoms with van der Waals surface area (Å²) in [6.45, 7) is 3.98. The molecule has 0 heterocycles. The summed E-state index contributed by atoms with van der Waals surface area (Å²) in [7, 11) is 1.63. The van der Waals surface area contributed by atoms with Gasteiger partial charge in [0.25, 0.3) is 0 Å². The number of hydrogen-bond donors (Lipinski definition) is 1. The van der Waals surface area contributed by atoms with E-state index in [9.17, 15) is 9.18 Å². The van der Waals surface area contributed by atoms with Crippen LogP contribution in [0.1, 0.15) is 36.1 Å². The molecule has 0 unspecified atom stereocenters. The Bertz CT molecular complexity index is 685. The second-order valence-electron chi connectivity index (χ2n) is 5.53. The first kappa shape index (κ1) is 17.0. The van der Waals surface area contributed by atoms with Crippen LogP contribution in [0.2, 0.25) is 0 Å². The number of halogens is 1. The molecule has 1 N–H and O–H groups in total. The number of nitrogens with one attached hydrogen (secondary N) is 1. The second-order valence-corrected chi connectivity index (χ2v) is 5.53. The molecule has 0 aliphatic rings. The van der Waals surface area contributed by atoms with Crippen LogP contribution in [-0.2, 0) is 11.2 Å². The molecule has 2 rings (SSSR count). The lowest BCUT2D eigenvalue weighted by molar-refractivity contribution is -0.121. The monoisotopic (exact) mass is 315 g/mol. The third kappa shape index (κ3) is 4.31. The number of carbonyl (C=O) groups is 1. The van der Waals surface area contributed by atoms with E-state index in [0.717, 1.165) is 23.3 Å². The molecule has 0 saturated heterocycles. The zero-order valence-electron chi connectivity index (χ0n) is 13.7. The summed E-state index contributed by atoms with van der Waals surface area (Å²) in [4.78, 5) is 12.2. The molecule has 23 heavy (non-hydrogen) atoms. The van der Waals surface area contributed by atoms with E-state index in [1.165, 1.54) is 6.07 Å². The van der Waals surface area contributed by atoms with E-state index in [0.29, 0.717) is 5.56 Å². The van der Waals surface area contributed by atoms with E-state index < -0.39 is 0 Å². The lowest BCUT2D eigenvalue weighted by Gasteiger charge is -2.19.